The fourth-order valence-corrected chi connectivity index (χ4v) is 0.490. The summed E-state index contributed by atoms with van der Waals surface area (Å²) in [6.45, 7) is 8.37. The smallest absolute Gasteiger partial charge is 0.371 e. The van der Waals surface area contributed by atoms with Gasteiger partial charge >= 0.3 is 5.95 Å². The number of nitrogens with zero attached hydrogens (tertiary/aromatic N) is 3. The number of hydrogen-bond acceptors (Lipinski definition) is 2. The van der Waals surface area contributed by atoms with E-state index >= 15 is 0 Å². The van der Waals surface area contributed by atoms with Gasteiger partial charge < -0.3 is 4.85 Å². The third-order valence-corrected chi connectivity index (χ3v) is 0.882. The van der Waals surface area contributed by atoms with Gasteiger partial charge in [-0.1, -0.05) is 0 Å². The van der Waals surface area contributed by atoms with Crippen molar-refractivity contribution < 1.29 is 0 Å². The van der Waals surface area contributed by atoms with Gasteiger partial charge in [0, 0.05) is 6.07 Å². The van der Waals surface area contributed by atoms with E-state index in [1.165, 1.54) is 0 Å². The van der Waals surface area contributed by atoms with Crippen LogP contribution in [0.25, 0.3) is 4.85 Å². The maximum atomic E-state index is 6.54. The summed E-state index contributed by atoms with van der Waals surface area (Å²) in [5, 5.41) is 0. The van der Waals surface area contributed by atoms with Crippen molar-refractivity contribution in [3.05, 3.63) is 29.4 Å². The third-order valence-electron chi connectivity index (χ3n) is 0.882. The molecule has 1 rings (SSSR count). The van der Waals surface area contributed by atoms with Crippen LogP contribution < -0.4 is 0 Å². The zero-order valence-electron chi connectivity index (χ0n) is 5.00. The van der Waals surface area contributed by atoms with Gasteiger partial charge in [-0.2, -0.15) is 9.97 Å². The molecule has 0 fully saturated rings. The third kappa shape index (κ3) is 1.23. The Morgan fingerprint density at radius 3 is 2.89 bits per heavy atom. The first kappa shape index (κ1) is 5.70. The molecule has 0 unspecified atom stereocenters. The lowest BCUT2D eigenvalue weighted by atomic mass is 10.5. The van der Waals surface area contributed by atoms with Crippen LogP contribution in [0.3, 0.4) is 0 Å². The molecule has 3 heteroatoms. The van der Waals surface area contributed by atoms with Gasteiger partial charge in [-0.05, 0) is 6.92 Å². The summed E-state index contributed by atoms with van der Waals surface area (Å²) in [5.74, 6) is 0.218. The SMILES string of the molecule is [C-]#[N+]c1nccc(C)n1. The molecule has 1 aromatic rings. The van der Waals surface area contributed by atoms with Crippen LogP contribution in [-0.2, 0) is 0 Å². The van der Waals surface area contributed by atoms with Crippen LogP contribution in [0.15, 0.2) is 12.3 Å². The molecule has 0 saturated heterocycles. The van der Waals surface area contributed by atoms with Gasteiger partial charge in [0.15, 0.2) is 0 Å². The number of hydrogen-bond donors (Lipinski definition) is 0. The van der Waals surface area contributed by atoms with E-state index < -0.39 is 0 Å². The Kier molecular flexibility index (Phi) is 1.41. The van der Waals surface area contributed by atoms with Crippen LogP contribution in [0.4, 0.5) is 5.95 Å². The minimum absolute atomic E-state index is 0.218. The molecule has 0 radical (unpaired) electrons. The van der Waals surface area contributed by atoms with Crippen LogP contribution >= 0.6 is 0 Å². The van der Waals surface area contributed by atoms with Crippen molar-refractivity contribution in [2.24, 2.45) is 0 Å². The van der Waals surface area contributed by atoms with Gasteiger partial charge in [0.1, 0.15) is 0 Å². The Labute approximate surface area is 53.2 Å². The second kappa shape index (κ2) is 2.23. The first-order valence-corrected chi connectivity index (χ1v) is 2.50. The maximum absolute atomic E-state index is 6.54. The van der Waals surface area contributed by atoms with Crippen molar-refractivity contribution in [1.82, 2.24) is 9.97 Å². The quantitative estimate of drug-likeness (QED) is 0.482. The standard InChI is InChI=1S/C6H5N3/c1-5-3-4-8-6(7-2)9-5/h3-4H,1H3. The zero-order valence-corrected chi connectivity index (χ0v) is 5.00. The minimum atomic E-state index is 0.218. The van der Waals surface area contributed by atoms with Crippen LogP contribution in [0.1, 0.15) is 5.69 Å². The molecule has 0 atom stereocenters. The van der Waals surface area contributed by atoms with E-state index in [0.717, 1.165) is 5.69 Å². The molecule has 0 aliphatic heterocycles. The van der Waals surface area contributed by atoms with Gasteiger partial charge in [0.25, 0.3) is 0 Å². The summed E-state index contributed by atoms with van der Waals surface area (Å²) < 4.78 is 0. The molecule has 0 spiro atoms. The van der Waals surface area contributed by atoms with E-state index in [1.807, 2.05) is 6.92 Å². The summed E-state index contributed by atoms with van der Waals surface area (Å²) in [5.41, 5.74) is 0.830. The first-order valence-electron chi connectivity index (χ1n) is 2.50. The molecule has 0 aromatic carbocycles. The fourth-order valence-electron chi connectivity index (χ4n) is 0.490. The molecule has 9 heavy (non-hydrogen) atoms. The van der Waals surface area contributed by atoms with E-state index in [2.05, 4.69) is 14.8 Å². The van der Waals surface area contributed by atoms with E-state index in [-0.39, 0.29) is 5.95 Å². The lowest BCUT2D eigenvalue weighted by Gasteiger charge is -1.84. The zero-order chi connectivity index (χ0) is 6.69. The molecule has 0 bridgehead atoms. The maximum Gasteiger partial charge on any atom is 0.371 e. The first-order chi connectivity index (χ1) is 4.33. The second-order valence-electron chi connectivity index (χ2n) is 1.61. The molecular formula is C6H5N3. The number of aryl methyl sites for hydroxylation is 1. The number of aromatic nitrogens is 2. The Bertz CT molecular complexity index is 249. The molecule has 3 nitrogen and oxygen atoms in total. The van der Waals surface area contributed by atoms with Gasteiger partial charge in [0.2, 0.25) is 0 Å². The van der Waals surface area contributed by atoms with Crippen LogP contribution in [0.5, 0.6) is 0 Å². The summed E-state index contributed by atoms with van der Waals surface area (Å²) >= 11 is 0. The lowest BCUT2D eigenvalue weighted by Crippen LogP contribution is -1.80. The van der Waals surface area contributed by atoms with Gasteiger partial charge in [-0.25, -0.2) is 0 Å². The Morgan fingerprint density at radius 1 is 1.67 bits per heavy atom. The van der Waals surface area contributed by atoms with Gasteiger partial charge in [0.05, 0.1) is 11.9 Å². The van der Waals surface area contributed by atoms with E-state index in [1.54, 1.807) is 12.3 Å². The predicted molar refractivity (Wildman–Crippen MR) is 33.0 cm³/mol. The largest absolute Gasteiger partial charge is 0.394 e. The molecule has 0 aliphatic rings. The van der Waals surface area contributed by atoms with Crippen LogP contribution in [0.2, 0.25) is 0 Å². The Balaban J connectivity index is 3.12. The van der Waals surface area contributed by atoms with Gasteiger partial charge in [-0.3, -0.25) is 0 Å². The molecule has 1 heterocycles. The van der Waals surface area contributed by atoms with Crippen LogP contribution in [0, 0.1) is 13.5 Å². The van der Waals surface area contributed by atoms with Gasteiger partial charge in [-0.15, -0.1) is 6.57 Å². The highest BCUT2D eigenvalue weighted by atomic mass is 15.0. The van der Waals surface area contributed by atoms with E-state index in [4.69, 9.17) is 6.57 Å². The molecule has 0 N–H and O–H groups in total. The molecule has 0 aliphatic carbocycles. The molecule has 0 saturated carbocycles. The summed E-state index contributed by atoms with van der Waals surface area (Å²) in [6, 6.07) is 1.76. The van der Waals surface area contributed by atoms with Crippen molar-refractivity contribution >= 4 is 5.95 Å². The average molecular weight is 119 g/mol. The fraction of sp³-hybridized carbons (Fsp3) is 0.167. The molecule has 44 valence electrons. The van der Waals surface area contributed by atoms with E-state index in [0.29, 0.717) is 0 Å². The van der Waals surface area contributed by atoms with Crippen molar-refractivity contribution in [1.29, 1.82) is 0 Å². The molecule has 0 amide bonds. The Morgan fingerprint density at radius 2 is 2.44 bits per heavy atom. The predicted octanol–water partition coefficient (Wildman–Crippen LogP) is 1.34. The van der Waals surface area contributed by atoms with Crippen molar-refractivity contribution in [2.75, 3.05) is 0 Å². The minimum Gasteiger partial charge on any atom is -0.394 e. The van der Waals surface area contributed by atoms with Crippen molar-refractivity contribution in [3.63, 3.8) is 0 Å². The highest BCUT2D eigenvalue weighted by Crippen LogP contribution is 2.00. The highest BCUT2D eigenvalue weighted by Gasteiger charge is 1.92. The normalized spacial score (nSPS) is 8.44. The monoisotopic (exact) mass is 119 g/mol. The lowest BCUT2D eigenvalue weighted by molar-refractivity contribution is 1.13. The van der Waals surface area contributed by atoms with Crippen LogP contribution in [-0.4, -0.2) is 9.97 Å². The van der Waals surface area contributed by atoms with Crippen molar-refractivity contribution in [2.45, 2.75) is 6.92 Å². The average Bonchev–Trinajstić information content (AvgIpc) is 1.88. The van der Waals surface area contributed by atoms with E-state index in [9.17, 15) is 0 Å². The molecular weight excluding hydrogens is 114 g/mol. The topological polar surface area (TPSA) is 30.1 Å². The summed E-state index contributed by atoms with van der Waals surface area (Å²) in [4.78, 5) is 10.6. The Hall–Kier alpha value is -1.43. The number of rotatable bonds is 0. The summed E-state index contributed by atoms with van der Waals surface area (Å²) in [6.07, 6.45) is 1.58. The summed E-state index contributed by atoms with van der Waals surface area (Å²) in [7, 11) is 0. The van der Waals surface area contributed by atoms with Crippen molar-refractivity contribution in [3.8, 4) is 0 Å². The molecule has 1 aromatic heterocycles. The highest BCUT2D eigenvalue weighted by molar-refractivity contribution is 5.24. The second-order valence-corrected chi connectivity index (χ2v) is 1.61.